The Hall–Kier alpha value is -0.660. The van der Waals surface area contributed by atoms with Gasteiger partial charge in [-0.15, -0.1) is 0 Å². The van der Waals surface area contributed by atoms with Crippen LogP contribution in [-0.4, -0.2) is 29.1 Å². The van der Waals surface area contributed by atoms with Crippen molar-refractivity contribution in [3.8, 4) is 0 Å². The molecule has 1 aliphatic rings. The maximum atomic E-state index is 2.72. The van der Waals surface area contributed by atoms with Gasteiger partial charge < -0.3 is 9.80 Å². The zero-order valence-corrected chi connectivity index (χ0v) is 33.9. The van der Waals surface area contributed by atoms with E-state index in [0.29, 0.717) is 6.17 Å². The summed E-state index contributed by atoms with van der Waals surface area (Å²) in [5, 5.41) is 0. The van der Waals surface area contributed by atoms with Crippen molar-refractivity contribution >= 4 is 0 Å². The summed E-state index contributed by atoms with van der Waals surface area (Å²) >= 11 is 0. The van der Waals surface area contributed by atoms with Crippen LogP contribution in [0.15, 0.2) is 12.4 Å². The van der Waals surface area contributed by atoms with Crippen LogP contribution in [0.25, 0.3) is 0 Å². The molecule has 1 atom stereocenters. The largest absolute Gasteiger partial charge is 0.356 e. The third kappa shape index (κ3) is 29.1. The zero-order valence-electron chi connectivity index (χ0n) is 33.9. The van der Waals surface area contributed by atoms with E-state index in [1.807, 2.05) is 0 Å². The second-order valence-electron chi connectivity index (χ2n) is 16.1. The van der Waals surface area contributed by atoms with Crippen molar-refractivity contribution in [2.24, 2.45) is 0 Å². The number of hydrogen-bond acceptors (Lipinski definition) is 2. The number of hydrogen-bond donors (Lipinski definition) is 0. The highest BCUT2D eigenvalue weighted by atomic mass is 15.4. The molecule has 1 heterocycles. The number of unbranched alkanes of at least 4 members (excludes halogenated alkanes) is 34. The van der Waals surface area contributed by atoms with Crippen LogP contribution < -0.4 is 0 Å². The molecule has 1 aliphatic heterocycles. The molecule has 0 radical (unpaired) electrons. The van der Waals surface area contributed by atoms with Gasteiger partial charge in [0.05, 0.1) is 0 Å². The SMILES string of the molecule is CCCCCCCCCCCCCCCCCCCN1C=CN(CCCCCC)C1CCCCCCCCCCCCCCCCCC. The summed E-state index contributed by atoms with van der Waals surface area (Å²) in [6.07, 6.45) is 60.4. The first-order chi connectivity index (χ1) is 23.8. The van der Waals surface area contributed by atoms with Crippen molar-refractivity contribution in [2.45, 2.75) is 271 Å². The molecule has 0 fully saturated rings. The molecule has 0 bridgehead atoms. The van der Waals surface area contributed by atoms with Gasteiger partial charge >= 0.3 is 0 Å². The second-order valence-corrected chi connectivity index (χ2v) is 16.1. The van der Waals surface area contributed by atoms with E-state index in [1.165, 1.54) is 257 Å². The molecule has 0 aliphatic carbocycles. The Morgan fingerprint density at radius 2 is 0.479 bits per heavy atom. The molecule has 0 N–H and O–H groups in total. The molecule has 0 aromatic carbocycles. The fourth-order valence-electron chi connectivity index (χ4n) is 7.95. The van der Waals surface area contributed by atoms with Crippen LogP contribution in [0.5, 0.6) is 0 Å². The van der Waals surface area contributed by atoms with Crippen LogP contribution in [0, 0.1) is 0 Å². The monoisotopic (exact) mass is 673 g/mol. The van der Waals surface area contributed by atoms with Crippen LogP contribution >= 0.6 is 0 Å². The van der Waals surface area contributed by atoms with Gasteiger partial charge in [-0.05, 0) is 25.7 Å². The molecule has 0 saturated heterocycles. The van der Waals surface area contributed by atoms with Gasteiger partial charge in [0.15, 0.2) is 0 Å². The van der Waals surface area contributed by atoms with Gasteiger partial charge in [-0.2, -0.15) is 0 Å². The molecule has 1 unspecified atom stereocenters. The van der Waals surface area contributed by atoms with Crippen LogP contribution in [0.4, 0.5) is 0 Å². The summed E-state index contributed by atoms with van der Waals surface area (Å²) in [5.74, 6) is 0. The molecular formula is C46H92N2. The average Bonchev–Trinajstić information content (AvgIpc) is 3.48. The predicted molar refractivity (Wildman–Crippen MR) is 219 cm³/mol. The summed E-state index contributed by atoms with van der Waals surface area (Å²) in [5.41, 5.74) is 0. The van der Waals surface area contributed by atoms with Gasteiger partial charge in [0.2, 0.25) is 0 Å². The molecule has 0 aromatic heterocycles. The lowest BCUT2D eigenvalue weighted by Gasteiger charge is -2.33. The molecule has 48 heavy (non-hydrogen) atoms. The molecule has 2 heteroatoms. The first-order valence-electron chi connectivity index (χ1n) is 23.0. The minimum absolute atomic E-state index is 0.638. The van der Waals surface area contributed by atoms with E-state index in [9.17, 15) is 0 Å². The fourth-order valence-corrected chi connectivity index (χ4v) is 7.95. The van der Waals surface area contributed by atoms with Gasteiger partial charge in [-0.1, -0.05) is 239 Å². The van der Waals surface area contributed by atoms with Gasteiger partial charge in [-0.25, -0.2) is 0 Å². The average molecular weight is 673 g/mol. The molecule has 2 nitrogen and oxygen atoms in total. The third-order valence-electron chi connectivity index (χ3n) is 11.3. The van der Waals surface area contributed by atoms with Gasteiger partial charge in [0.1, 0.15) is 6.17 Å². The van der Waals surface area contributed by atoms with Crippen molar-refractivity contribution in [3.63, 3.8) is 0 Å². The highest BCUT2D eigenvalue weighted by molar-refractivity contribution is 4.97. The summed E-state index contributed by atoms with van der Waals surface area (Å²) < 4.78 is 0. The van der Waals surface area contributed by atoms with Gasteiger partial charge in [-0.3, -0.25) is 0 Å². The molecule has 1 rings (SSSR count). The predicted octanol–water partition coefficient (Wildman–Crippen LogP) is 16.3. The normalized spacial score (nSPS) is 14.6. The summed E-state index contributed by atoms with van der Waals surface area (Å²) in [7, 11) is 0. The van der Waals surface area contributed by atoms with E-state index in [2.05, 4.69) is 43.0 Å². The number of rotatable bonds is 40. The summed E-state index contributed by atoms with van der Waals surface area (Å²) in [4.78, 5) is 5.42. The van der Waals surface area contributed by atoms with Crippen LogP contribution in [0.2, 0.25) is 0 Å². The van der Waals surface area contributed by atoms with E-state index < -0.39 is 0 Å². The lowest BCUT2D eigenvalue weighted by Crippen LogP contribution is -2.39. The van der Waals surface area contributed by atoms with E-state index in [-0.39, 0.29) is 0 Å². The standard InChI is InChI=1S/C46H92N2/c1-4-7-10-13-15-17-19-21-23-25-27-29-31-33-35-37-40-43-48-45-44-47(42-39-12-9-6-3)46(48)41-38-36-34-32-30-28-26-24-22-20-18-16-14-11-8-5-2/h44-46H,4-43H2,1-3H3. The Labute approximate surface area is 305 Å². The van der Waals surface area contributed by atoms with E-state index >= 15 is 0 Å². The Morgan fingerprint density at radius 3 is 0.750 bits per heavy atom. The van der Waals surface area contributed by atoms with E-state index in [4.69, 9.17) is 0 Å². The van der Waals surface area contributed by atoms with Crippen molar-refractivity contribution in [2.75, 3.05) is 13.1 Å². The zero-order chi connectivity index (χ0) is 34.4. The van der Waals surface area contributed by atoms with Crippen molar-refractivity contribution in [3.05, 3.63) is 12.4 Å². The van der Waals surface area contributed by atoms with Gasteiger partial charge in [0, 0.05) is 25.5 Å². The van der Waals surface area contributed by atoms with Crippen molar-refractivity contribution < 1.29 is 0 Å². The highest BCUT2D eigenvalue weighted by Crippen LogP contribution is 2.24. The summed E-state index contributed by atoms with van der Waals surface area (Å²) in [6, 6.07) is 0. The highest BCUT2D eigenvalue weighted by Gasteiger charge is 2.24. The van der Waals surface area contributed by atoms with Gasteiger partial charge in [0.25, 0.3) is 0 Å². The molecular weight excluding hydrogens is 581 g/mol. The Kier molecular flexibility index (Phi) is 35.5. The minimum atomic E-state index is 0.638. The first-order valence-corrected chi connectivity index (χ1v) is 23.0. The van der Waals surface area contributed by atoms with Crippen LogP contribution in [-0.2, 0) is 0 Å². The minimum Gasteiger partial charge on any atom is -0.356 e. The Bertz CT molecular complexity index is 630. The van der Waals surface area contributed by atoms with E-state index in [1.54, 1.807) is 0 Å². The second kappa shape index (κ2) is 37.6. The third-order valence-corrected chi connectivity index (χ3v) is 11.3. The quantitative estimate of drug-likeness (QED) is 0.0598. The van der Waals surface area contributed by atoms with Crippen molar-refractivity contribution in [1.82, 2.24) is 9.80 Å². The maximum absolute atomic E-state index is 2.72. The topological polar surface area (TPSA) is 6.48 Å². The summed E-state index contributed by atoms with van der Waals surface area (Å²) in [6.45, 7) is 9.48. The number of nitrogens with zero attached hydrogens (tertiary/aromatic N) is 2. The Morgan fingerprint density at radius 1 is 0.271 bits per heavy atom. The smallest absolute Gasteiger partial charge is 0.101 e. The van der Waals surface area contributed by atoms with E-state index in [0.717, 1.165) is 0 Å². The maximum Gasteiger partial charge on any atom is 0.101 e. The fraction of sp³-hybridized carbons (Fsp3) is 0.957. The lowest BCUT2D eigenvalue weighted by molar-refractivity contribution is 0.135. The molecule has 0 spiro atoms. The lowest BCUT2D eigenvalue weighted by atomic mass is 10.0. The molecule has 0 amide bonds. The van der Waals surface area contributed by atoms with Crippen LogP contribution in [0.3, 0.4) is 0 Å². The molecule has 0 saturated carbocycles. The molecule has 286 valence electrons. The van der Waals surface area contributed by atoms with Crippen LogP contribution in [0.1, 0.15) is 265 Å². The molecule has 0 aromatic rings. The Balaban J connectivity index is 2.05. The first kappa shape index (κ1) is 45.4. The van der Waals surface area contributed by atoms with Crippen molar-refractivity contribution in [1.29, 1.82) is 0 Å².